The summed E-state index contributed by atoms with van der Waals surface area (Å²) in [6.45, 7) is 2.42. The molecular weight excluding hydrogens is 494 g/mol. The summed E-state index contributed by atoms with van der Waals surface area (Å²) in [5.74, 6) is -0.729. The predicted molar refractivity (Wildman–Crippen MR) is 128 cm³/mol. The molecule has 0 saturated carbocycles. The molecule has 0 spiro atoms. The fourth-order valence-electron chi connectivity index (χ4n) is 3.20. The first kappa shape index (κ1) is 24.2. The van der Waals surface area contributed by atoms with Gasteiger partial charge in [0.05, 0.1) is 4.47 Å². The molecule has 1 fully saturated rings. The molecule has 3 amide bonds. The number of rotatable bonds is 10. The molecule has 0 atom stereocenters. The lowest BCUT2D eigenvalue weighted by atomic mass is 10.3. The fourth-order valence-corrected chi connectivity index (χ4v) is 3.53. The van der Waals surface area contributed by atoms with Gasteiger partial charge in [-0.2, -0.15) is 4.98 Å². The van der Waals surface area contributed by atoms with E-state index in [2.05, 4.69) is 47.2 Å². The molecular formula is C21H26BrN7O4. The Balaban J connectivity index is 1.51. The first-order valence-electron chi connectivity index (χ1n) is 10.6. The number of likely N-dealkylation sites (tertiary alicyclic amines) is 1. The summed E-state index contributed by atoms with van der Waals surface area (Å²) in [6, 6.07) is 7.22. The van der Waals surface area contributed by atoms with E-state index in [-0.39, 0.29) is 6.03 Å². The zero-order chi connectivity index (χ0) is 23.6. The van der Waals surface area contributed by atoms with Crippen molar-refractivity contribution < 1.29 is 19.5 Å². The van der Waals surface area contributed by atoms with Crippen LogP contribution in [0.15, 0.2) is 34.9 Å². The Labute approximate surface area is 199 Å². The fraction of sp³-hybridized carbons (Fsp3) is 0.381. The van der Waals surface area contributed by atoms with Crippen molar-refractivity contribution in [1.82, 2.24) is 20.2 Å². The number of benzene rings is 1. The third-order valence-corrected chi connectivity index (χ3v) is 5.37. The molecule has 0 radical (unpaired) electrons. The molecule has 2 aromatic rings. The standard InChI is InChI=1S/C21H26BrN7O4/c22-16-13-25-20(28-19(16)24-8-4-7-23-17(30)12-18(31)32)26-14-5-3-6-15(11-14)27-21(33)29-9-1-2-10-29/h3,5-6,11,13H,1-2,4,7-10,12H2,(H,23,30)(H,27,33)(H,31,32)(H2,24,25,26,28). The van der Waals surface area contributed by atoms with Gasteiger partial charge in [-0.15, -0.1) is 0 Å². The number of aliphatic carboxylic acids is 1. The molecule has 1 aromatic carbocycles. The third kappa shape index (κ3) is 7.90. The molecule has 1 aliphatic heterocycles. The van der Waals surface area contributed by atoms with Crippen LogP contribution in [0.1, 0.15) is 25.7 Å². The summed E-state index contributed by atoms with van der Waals surface area (Å²) in [5.41, 5.74) is 1.40. The molecule has 3 rings (SSSR count). The topological polar surface area (TPSA) is 149 Å². The van der Waals surface area contributed by atoms with E-state index in [0.717, 1.165) is 31.6 Å². The highest BCUT2D eigenvalue weighted by Crippen LogP contribution is 2.23. The van der Waals surface area contributed by atoms with Crippen LogP contribution in [-0.2, 0) is 9.59 Å². The average molecular weight is 520 g/mol. The van der Waals surface area contributed by atoms with Crippen LogP contribution in [0.3, 0.4) is 0 Å². The zero-order valence-electron chi connectivity index (χ0n) is 17.9. The lowest BCUT2D eigenvalue weighted by Crippen LogP contribution is -2.32. The molecule has 176 valence electrons. The summed E-state index contributed by atoms with van der Waals surface area (Å²) in [6.07, 6.45) is 3.73. The van der Waals surface area contributed by atoms with E-state index in [1.807, 2.05) is 24.3 Å². The quantitative estimate of drug-likeness (QED) is 0.237. The van der Waals surface area contributed by atoms with Gasteiger partial charge >= 0.3 is 12.0 Å². The van der Waals surface area contributed by atoms with Crippen molar-refractivity contribution in [3.8, 4) is 0 Å². The highest BCUT2D eigenvalue weighted by atomic mass is 79.9. The van der Waals surface area contributed by atoms with Crippen molar-refractivity contribution >= 4 is 57.0 Å². The number of anilines is 4. The lowest BCUT2D eigenvalue weighted by Gasteiger charge is -2.16. The first-order chi connectivity index (χ1) is 15.9. The van der Waals surface area contributed by atoms with Gasteiger partial charge in [-0.05, 0) is 53.4 Å². The Bertz CT molecular complexity index is 998. The summed E-state index contributed by atoms with van der Waals surface area (Å²) in [7, 11) is 0. The normalized spacial score (nSPS) is 12.8. The molecule has 11 nitrogen and oxygen atoms in total. The molecule has 12 heteroatoms. The van der Waals surface area contributed by atoms with Crippen molar-refractivity contribution in [2.45, 2.75) is 25.7 Å². The maximum absolute atomic E-state index is 12.3. The number of carboxylic acids is 1. The highest BCUT2D eigenvalue weighted by Gasteiger charge is 2.17. The van der Waals surface area contributed by atoms with Crippen molar-refractivity contribution in [3.63, 3.8) is 0 Å². The van der Waals surface area contributed by atoms with Gasteiger partial charge in [-0.3, -0.25) is 9.59 Å². The van der Waals surface area contributed by atoms with Crippen molar-refractivity contribution in [2.24, 2.45) is 0 Å². The largest absolute Gasteiger partial charge is 0.481 e. The Morgan fingerprint density at radius 2 is 1.88 bits per heavy atom. The van der Waals surface area contributed by atoms with Gasteiger partial charge in [-0.25, -0.2) is 9.78 Å². The minimum Gasteiger partial charge on any atom is -0.481 e. The second-order valence-corrected chi connectivity index (χ2v) is 8.28. The van der Waals surface area contributed by atoms with Crippen molar-refractivity contribution in [3.05, 3.63) is 34.9 Å². The van der Waals surface area contributed by atoms with Gasteiger partial charge in [0.15, 0.2) is 0 Å². The van der Waals surface area contributed by atoms with Crippen molar-refractivity contribution in [2.75, 3.05) is 42.1 Å². The van der Waals surface area contributed by atoms with E-state index < -0.39 is 18.3 Å². The zero-order valence-corrected chi connectivity index (χ0v) is 19.5. The molecule has 5 N–H and O–H groups in total. The number of aromatic nitrogens is 2. The molecule has 0 unspecified atom stereocenters. The SMILES string of the molecule is O=C(O)CC(=O)NCCCNc1nc(Nc2cccc(NC(=O)N3CCCC3)c2)ncc1Br. The lowest BCUT2D eigenvalue weighted by molar-refractivity contribution is -0.140. The molecule has 33 heavy (non-hydrogen) atoms. The Kier molecular flexibility index (Phi) is 8.81. The third-order valence-electron chi connectivity index (χ3n) is 4.79. The summed E-state index contributed by atoms with van der Waals surface area (Å²) in [5, 5.41) is 20.3. The van der Waals surface area contributed by atoms with Crippen LogP contribution in [0.4, 0.5) is 27.9 Å². The minimum absolute atomic E-state index is 0.102. The first-order valence-corrected chi connectivity index (χ1v) is 11.4. The maximum atomic E-state index is 12.3. The number of carboxylic acid groups (broad SMARTS) is 1. The Hall–Kier alpha value is -3.41. The second kappa shape index (κ2) is 12.0. The van der Waals surface area contributed by atoms with Gasteiger partial charge in [0.1, 0.15) is 12.2 Å². The molecule has 1 saturated heterocycles. The molecule has 1 aliphatic rings. The summed E-state index contributed by atoms with van der Waals surface area (Å²) < 4.78 is 0.676. The smallest absolute Gasteiger partial charge is 0.321 e. The van der Waals surface area contributed by atoms with Crippen LogP contribution in [0.5, 0.6) is 0 Å². The van der Waals surface area contributed by atoms with E-state index in [1.165, 1.54) is 0 Å². The number of halogens is 1. The minimum atomic E-state index is -1.16. The number of carbonyl (C=O) groups excluding carboxylic acids is 2. The Morgan fingerprint density at radius 1 is 1.12 bits per heavy atom. The van der Waals surface area contributed by atoms with Gasteiger partial charge in [-0.1, -0.05) is 6.07 Å². The maximum Gasteiger partial charge on any atom is 0.321 e. The molecule has 0 aliphatic carbocycles. The second-order valence-electron chi connectivity index (χ2n) is 7.42. The number of carbonyl (C=O) groups is 3. The van der Waals surface area contributed by atoms with Crippen LogP contribution >= 0.6 is 15.9 Å². The van der Waals surface area contributed by atoms with Crippen molar-refractivity contribution in [1.29, 1.82) is 0 Å². The van der Waals surface area contributed by atoms with Crippen LogP contribution < -0.4 is 21.3 Å². The van der Waals surface area contributed by atoms with E-state index in [9.17, 15) is 14.4 Å². The van der Waals surface area contributed by atoms with Gasteiger partial charge in [0.25, 0.3) is 0 Å². The molecule has 0 bridgehead atoms. The van der Waals surface area contributed by atoms with Crippen LogP contribution in [0.25, 0.3) is 0 Å². The van der Waals surface area contributed by atoms with Gasteiger partial charge < -0.3 is 31.3 Å². The summed E-state index contributed by atoms with van der Waals surface area (Å²) in [4.78, 5) is 44.6. The monoisotopic (exact) mass is 519 g/mol. The Morgan fingerprint density at radius 3 is 2.64 bits per heavy atom. The number of nitrogens with zero attached hydrogens (tertiary/aromatic N) is 3. The van der Waals surface area contributed by atoms with Crippen LogP contribution in [0.2, 0.25) is 0 Å². The van der Waals surface area contributed by atoms with Gasteiger partial charge in [0, 0.05) is 43.8 Å². The van der Waals surface area contributed by atoms with E-state index in [1.54, 1.807) is 11.1 Å². The molecule has 1 aromatic heterocycles. The number of nitrogens with one attached hydrogen (secondary N) is 4. The van der Waals surface area contributed by atoms with E-state index in [4.69, 9.17) is 5.11 Å². The van der Waals surface area contributed by atoms with Gasteiger partial charge in [0.2, 0.25) is 11.9 Å². The number of hydrogen-bond donors (Lipinski definition) is 5. The number of amides is 3. The number of hydrogen-bond acceptors (Lipinski definition) is 7. The predicted octanol–water partition coefficient (Wildman–Crippen LogP) is 3.00. The van der Waals surface area contributed by atoms with E-state index in [0.29, 0.717) is 41.4 Å². The van der Waals surface area contributed by atoms with E-state index >= 15 is 0 Å². The van der Waals surface area contributed by atoms with Crippen LogP contribution in [-0.4, -0.2) is 64.1 Å². The molecule has 2 heterocycles. The number of urea groups is 1. The average Bonchev–Trinajstić information content (AvgIpc) is 3.30. The summed E-state index contributed by atoms with van der Waals surface area (Å²) >= 11 is 3.40. The highest BCUT2D eigenvalue weighted by molar-refractivity contribution is 9.10. The van der Waals surface area contributed by atoms with Crippen LogP contribution in [0, 0.1) is 0 Å².